The van der Waals surface area contributed by atoms with Crippen molar-refractivity contribution in [3.63, 3.8) is 0 Å². The van der Waals surface area contributed by atoms with Crippen LogP contribution < -0.4 is 11.1 Å². The molecule has 2 bridgehead atoms. The maximum Gasteiger partial charge on any atom is 0.137 e. The van der Waals surface area contributed by atoms with Gasteiger partial charge in [0.2, 0.25) is 0 Å². The minimum atomic E-state index is -0.523. The third-order valence-corrected chi connectivity index (χ3v) is 10.5. The van der Waals surface area contributed by atoms with E-state index in [1.54, 1.807) is 0 Å². The molecule has 7 N–H and O–H groups in total. The molecule has 1 aliphatic heterocycles. The summed E-state index contributed by atoms with van der Waals surface area (Å²) in [6, 6.07) is 0. The van der Waals surface area contributed by atoms with Gasteiger partial charge in [-0.15, -0.1) is 5.92 Å². The van der Waals surface area contributed by atoms with Crippen LogP contribution in [0.2, 0.25) is 0 Å². The molecule has 0 spiro atoms. The van der Waals surface area contributed by atoms with Gasteiger partial charge < -0.3 is 25.4 Å². The molecule has 1 saturated heterocycles. The minimum Gasteiger partial charge on any atom is -0.393 e. The van der Waals surface area contributed by atoms with E-state index in [9.17, 15) is 15.3 Å². The predicted octanol–water partition coefficient (Wildman–Crippen LogP) is 3.07. The first-order valence-corrected chi connectivity index (χ1v) is 15.6. The molecule has 6 nitrogen and oxygen atoms in total. The first-order valence-electron chi connectivity index (χ1n) is 15.6. The van der Waals surface area contributed by atoms with E-state index >= 15 is 0 Å². The van der Waals surface area contributed by atoms with Crippen molar-refractivity contribution in [1.29, 1.82) is 0 Å². The van der Waals surface area contributed by atoms with Crippen LogP contribution in [0.15, 0.2) is 0 Å². The molecular formula is C31H55N2O4+. The molecule has 0 aromatic carbocycles. The van der Waals surface area contributed by atoms with Crippen LogP contribution in [0, 0.1) is 40.9 Å². The second kappa shape index (κ2) is 14.1. The van der Waals surface area contributed by atoms with Gasteiger partial charge in [0.25, 0.3) is 0 Å². The van der Waals surface area contributed by atoms with Gasteiger partial charge in [0, 0.05) is 30.8 Å². The lowest BCUT2D eigenvalue weighted by Crippen LogP contribution is -2.94. The molecule has 37 heavy (non-hydrogen) atoms. The third kappa shape index (κ3) is 8.16. The van der Waals surface area contributed by atoms with Crippen molar-refractivity contribution in [3.05, 3.63) is 0 Å². The number of quaternary nitrogens is 1. The number of rotatable bonds is 10. The quantitative estimate of drug-likeness (QED) is 0.225. The Hall–Kier alpha value is -0.680. The van der Waals surface area contributed by atoms with E-state index in [1.807, 2.05) is 0 Å². The average Bonchev–Trinajstić information content (AvgIpc) is 3.08. The van der Waals surface area contributed by atoms with E-state index in [0.29, 0.717) is 31.3 Å². The molecule has 0 aromatic rings. The first kappa shape index (κ1) is 29.3. The van der Waals surface area contributed by atoms with Crippen molar-refractivity contribution in [2.75, 3.05) is 13.2 Å². The Morgan fingerprint density at radius 2 is 1.89 bits per heavy atom. The molecule has 6 unspecified atom stereocenters. The number of hydrogen-bond donors (Lipinski definition) is 5. The molecule has 212 valence electrons. The number of fused-ring (bicyclic) bond motifs is 3. The van der Waals surface area contributed by atoms with Gasteiger partial charge >= 0.3 is 0 Å². The highest BCUT2D eigenvalue weighted by atomic mass is 16.5. The van der Waals surface area contributed by atoms with Crippen molar-refractivity contribution >= 4 is 0 Å². The summed E-state index contributed by atoms with van der Waals surface area (Å²) in [5.74, 6) is 8.29. The average molecular weight is 520 g/mol. The van der Waals surface area contributed by atoms with Crippen molar-refractivity contribution in [2.24, 2.45) is 34.8 Å². The molecule has 4 rings (SSSR count). The van der Waals surface area contributed by atoms with Gasteiger partial charge in [0.05, 0.1) is 31.0 Å². The summed E-state index contributed by atoms with van der Waals surface area (Å²) in [7, 11) is 0. The molecule has 2 saturated carbocycles. The molecule has 0 radical (unpaired) electrons. The van der Waals surface area contributed by atoms with Crippen LogP contribution in [0.1, 0.15) is 110 Å². The lowest BCUT2D eigenvalue weighted by molar-refractivity contribution is -0.699. The van der Waals surface area contributed by atoms with Crippen LogP contribution in [-0.2, 0) is 4.74 Å². The molecule has 3 fully saturated rings. The summed E-state index contributed by atoms with van der Waals surface area (Å²) >= 11 is 0. The molecular weight excluding hydrogens is 464 g/mol. The Bertz CT molecular complexity index is 753. The summed E-state index contributed by atoms with van der Waals surface area (Å²) in [6.45, 7) is 4.09. The largest absolute Gasteiger partial charge is 0.393 e. The van der Waals surface area contributed by atoms with E-state index < -0.39 is 12.2 Å². The summed E-state index contributed by atoms with van der Waals surface area (Å²) in [4.78, 5) is 0. The fourth-order valence-electron chi connectivity index (χ4n) is 7.80. The van der Waals surface area contributed by atoms with Gasteiger partial charge in [0.15, 0.2) is 0 Å². The summed E-state index contributed by atoms with van der Waals surface area (Å²) in [5.41, 5.74) is 6.20. The van der Waals surface area contributed by atoms with Crippen LogP contribution in [0.4, 0.5) is 0 Å². The maximum atomic E-state index is 11.3. The Morgan fingerprint density at radius 3 is 2.70 bits per heavy atom. The molecule has 0 aromatic heterocycles. The highest BCUT2D eigenvalue weighted by Crippen LogP contribution is 2.43. The zero-order valence-electron chi connectivity index (χ0n) is 23.3. The lowest BCUT2D eigenvalue weighted by Gasteiger charge is -2.35. The fourth-order valence-corrected chi connectivity index (χ4v) is 7.80. The molecule has 0 amide bonds. The van der Waals surface area contributed by atoms with Crippen molar-refractivity contribution in [2.45, 2.75) is 140 Å². The SMILES string of the molecule is CC[C@@]12C#CC[C@H]([C@H](O)CCC3CCC(O)C(OCCCC4CC[NH2+]C(N)C4)C3)[C@@H](O)C(CCC1)CC2. The maximum absolute atomic E-state index is 11.3. The van der Waals surface area contributed by atoms with E-state index in [0.717, 1.165) is 90.0 Å². The number of ether oxygens (including phenoxy) is 1. The van der Waals surface area contributed by atoms with Gasteiger partial charge in [0.1, 0.15) is 6.17 Å². The van der Waals surface area contributed by atoms with Crippen molar-refractivity contribution in [3.8, 4) is 11.8 Å². The van der Waals surface area contributed by atoms with Gasteiger partial charge in [-0.3, -0.25) is 5.73 Å². The van der Waals surface area contributed by atoms with Gasteiger partial charge in [-0.2, -0.15) is 0 Å². The van der Waals surface area contributed by atoms with Crippen molar-refractivity contribution < 1.29 is 25.4 Å². The van der Waals surface area contributed by atoms with Gasteiger partial charge in [-0.25, -0.2) is 0 Å². The zero-order valence-corrected chi connectivity index (χ0v) is 23.3. The van der Waals surface area contributed by atoms with Crippen LogP contribution in [0.3, 0.4) is 0 Å². The van der Waals surface area contributed by atoms with Gasteiger partial charge in [-0.05, 0) is 101 Å². The Balaban J connectivity index is 1.23. The number of aliphatic hydroxyl groups is 3. The normalized spacial score (nSPS) is 41.5. The molecule has 10 atom stereocenters. The highest BCUT2D eigenvalue weighted by Gasteiger charge is 2.38. The van der Waals surface area contributed by atoms with E-state index in [2.05, 4.69) is 24.1 Å². The summed E-state index contributed by atoms with van der Waals surface area (Å²) < 4.78 is 6.18. The van der Waals surface area contributed by atoms with E-state index in [-0.39, 0.29) is 35.6 Å². The smallest absolute Gasteiger partial charge is 0.137 e. The second-order valence-electron chi connectivity index (χ2n) is 13.0. The van der Waals surface area contributed by atoms with Crippen molar-refractivity contribution in [1.82, 2.24) is 0 Å². The molecule has 4 aliphatic rings. The minimum absolute atomic E-state index is 0.0939. The number of nitrogens with two attached hydrogens (primary N) is 2. The predicted molar refractivity (Wildman–Crippen MR) is 146 cm³/mol. The Labute approximate surface area is 225 Å². The standard InChI is InChI=1S/C31H54N2O4/c1-2-31-15-3-7-24(13-17-31)30(36)25(8-4-16-31)26(34)11-9-23-10-12-27(35)28(20-23)37-19-5-6-22-14-18-33-29(32)21-22/h22-30,33-36H,2-3,5-15,17-21,32H2,1H3/p+1/t22?,23?,24?,25-,26-,27?,28?,29?,30+,31+/m1/s1. The van der Waals surface area contributed by atoms with Crippen LogP contribution in [0.25, 0.3) is 0 Å². The molecule has 1 heterocycles. The third-order valence-electron chi connectivity index (χ3n) is 10.5. The molecule has 3 aliphatic carbocycles. The zero-order chi connectivity index (χ0) is 26.3. The Morgan fingerprint density at radius 1 is 1.05 bits per heavy atom. The second-order valence-corrected chi connectivity index (χ2v) is 13.0. The van der Waals surface area contributed by atoms with Crippen LogP contribution in [0.5, 0.6) is 0 Å². The topological polar surface area (TPSA) is 113 Å². The summed E-state index contributed by atoms with van der Waals surface area (Å²) in [5, 5.41) is 35.3. The highest BCUT2D eigenvalue weighted by molar-refractivity contribution is 5.15. The molecule has 6 heteroatoms. The lowest BCUT2D eigenvalue weighted by atomic mass is 9.78. The van der Waals surface area contributed by atoms with Crippen LogP contribution in [-0.4, -0.2) is 59.1 Å². The van der Waals surface area contributed by atoms with E-state index in [1.165, 1.54) is 6.42 Å². The van der Waals surface area contributed by atoms with Crippen LogP contribution >= 0.6 is 0 Å². The Kier molecular flexibility index (Phi) is 11.2. The first-order chi connectivity index (χ1) is 17.9. The number of piperidine rings is 1. The fraction of sp³-hybridized carbons (Fsp3) is 0.935. The summed E-state index contributed by atoms with van der Waals surface area (Å²) in [6.07, 6.45) is 14.7. The number of hydrogen-bond acceptors (Lipinski definition) is 5. The number of aliphatic hydroxyl groups excluding tert-OH is 3. The monoisotopic (exact) mass is 519 g/mol. The van der Waals surface area contributed by atoms with E-state index in [4.69, 9.17) is 10.5 Å². The van der Waals surface area contributed by atoms with Gasteiger partial charge in [-0.1, -0.05) is 19.3 Å².